The van der Waals surface area contributed by atoms with E-state index < -0.39 is 15.4 Å². The van der Waals surface area contributed by atoms with Crippen molar-refractivity contribution in [3.8, 4) is 0 Å². The fourth-order valence-corrected chi connectivity index (χ4v) is 2.15. The zero-order valence-electron chi connectivity index (χ0n) is 10.4. The molecule has 0 spiro atoms. The minimum atomic E-state index is -4.79. The molecule has 1 heterocycles. The first-order valence-electron chi connectivity index (χ1n) is 5.76. The van der Waals surface area contributed by atoms with Crippen molar-refractivity contribution in [2.45, 2.75) is 51.7 Å². The SMILES string of the molecule is CCCn1c(CC(C)CC)nnc1S(=O)(=O)F. The van der Waals surface area contributed by atoms with Gasteiger partial charge in [-0.15, -0.1) is 10.2 Å². The molecule has 0 amide bonds. The summed E-state index contributed by atoms with van der Waals surface area (Å²) in [5, 5.41) is 6.65. The van der Waals surface area contributed by atoms with Crippen molar-refractivity contribution in [1.82, 2.24) is 14.8 Å². The standard InChI is InChI=1S/C10H18FN3O2S/c1-4-6-14-9(7-8(3)5-2)12-13-10(14)17(11,15)16/h8H,4-7H2,1-3H3. The van der Waals surface area contributed by atoms with Gasteiger partial charge in [-0.25, -0.2) is 0 Å². The lowest BCUT2D eigenvalue weighted by atomic mass is 10.1. The molecule has 0 N–H and O–H groups in total. The zero-order chi connectivity index (χ0) is 13.1. The molecule has 7 heteroatoms. The molecule has 1 unspecified atom stereocenters. The maximum Gasteiger partial charge on any atom is 0.368 e. The molecule has 0 saturated heterocycles. The molecule has 0 aliphatic carbocycles. The predicted octanol–water partition coefficient (Wildman–Crippen LogP) is 1.93. The Hall–Kier alpha value is -0.980. The van der Waals surface area contributed by atoms with Gasteiger partial charge in [0.25, 0.3) is 5.16 Å². The van der Waals surface area contributed by atoms with Crippen LogP contribution in [0.2, 0.25) is 0 Å². The molecule has 0 radical (unpaired) electrons. The molecule has 5 nitrogen and oxygen atoms in total. The van der Waals surface area contributed by atoms with E-state index in [1.165, 1.54) is 4.57 Å². The van der Waals surface area contributed by atoms with Crippen LogP contribution in [0.25, 0.3) is 0 Å². The van der Waals surface area contributed by atoms with Gasteiger partial charge in [-0.05, 0) is 12.3 Å². The largest absolute Gasteiger partial charge is 0.368 e. The summed E-state index contributed by atoms with van der Waals surface area (Å²) in [7, 11) is -4.79. The van der Waals surface area contributed by atoms with Gasteiger partial charge in [0, 0.05) is 13.0 Å². The summed E-state index contributed by atoms with van der Waals surface area (Å²) in [4.78, 5) is 0. The monoisotopic (exact) mass is 263 g/mol. The molecule has 0 bridgehead atoms. The third-order valence-electron chi connectivity index (χ3n) is 2.69. The molecule has 1 aromatic heterocycles. The Labute approximate surface area is 101 Å². The zero-order valence-corrected chi connectivity index (χ0v) is 11.2. The van der Waals surface area contributed by atoms with Crippen LogP contribution in [0.3, 0.4) is 0 Å². The van der Waals surface area contributed by atoms with Gasteiger partial charge in [0.2, 0.25) is 0 Å². The molecular formula is C10H18FN3O2S. The summed E-state index contributed by atoms with van der Waals surface area (Å²) >= 11 is 0. The molecule has 0 aromatic carbocycles. The predicted molar refractivity (Wildman–Crippen MR) is 61.8 cm³/mol. The number of rotatable bonds is 6. The second kappa shape index (κ2) is 5.57. The lowest BCUT2D eigenvalue weighted by Gasteiger charge is -2.10. The number of aromatic nitrogens is 3. The molecule has 0 aliphatic heterocycles. The van der Waals surface area contributed by atoms with Gasteiger partial charge in [0.15, 0.2) is 0 Å². The van der Waals surface area contributed by atoms with Crippen LogP contribution in [0.1, 0.15) is 39.4 Å². The third-order valence-corrected chi connectivity index (χ3v) is 3.42. The highest BCUT2D eigenvalue weighted by Gasteiger charge is 2.24. The lowest BCUT2D eigenvalue weighted by molar-refractivity contribution is 0.490. The van der Waals surface area contributed by atoms with Crippen molar-refractivity contribution in [2.75, 3.05) is 0 Å². The average molecular weight is 263 g/mol. The third kappa shape index (κ3) is 3.49. The summed E-state index contributed by atoms with van der Waals surface area (Å²) in [6.07, 6.45) is 2.27. The Kier molecular flexibility index (Phi) is 4.62. The number of nitrogens with zero attached hydrogens (tertiary/aromatic N) is 3. The Morgan fingerprint density at radius 2 is 2.00 bits per heavy atom. The first kappa shape index (κ1) is 14.1. The number of halogens is 1. The van der Waals surface area contributed by atoms with E-state index >= 15 is 0 Å². The molecule has 17 heavy (non-hydrogen) atoms. The second-order valence-corrected chi connectivity index (χ2v) is 5.45. The van der Waals surface area contributed by atoms with Gasteiger partial charge in [-0.1, -0.05) is 31.1 Å². The summed E-state index contributed by atoms with van der Waals surface area (Å²) in [6.45, 7) is 6.38. The van der Waals surface area contributed by atoms with Gasteiger partial charge in [0.05, 0.1) is 0 Å². The molecule has 1 atom stereocenters. The molecule has 1 aromatic rings. The fraction of sp³-hybridized carbons (Fsp3) is 0.800. The fourth-order valence-electron chi connectivity index (χ4n) is 1.55. The van der Waals surface area contributed by atoms with E-state index in [1.54, 1.807) is 0 Å². The van der Waals surface area contributed by atoms with E-state index in [2.05, 4.69) is 10.2 Å². The Balaban J connectivity index is 3.11. The van der Waals surface area contributed by atoms with Gasteiger partial charge < -0.3 is 0 Å². The molecule has 1 rings (SSSR count). The highest BCUT2D eigenvalue weighted by atomic mass is 32.3. The second-order valence-electron chi connectivity index (χ2n) is 4.21. The van der Waals surface area contributed by atoms with Crippen molar-refractivity contribution in [3.63, 3.8) is 0 Å². The van der Waals surface area contributed by atoms with E-state index in [0.29, 0.717) is 31.1 Å². The molecule has 0 saturated carbocycles. The molecular weight excluding hydrogens is 245 g/mol. The molecule has 98 valence electrons. The van der Waals surface area contributed by atoms with Gasteiger partial charge in [-0.2, -0.15) is 8.42 Å². The van der Waals surface area contributed by atoms with E-state index in [-0.39, 0.29) is 0 Å². The highest BCUT2D eigenvalue weighted by Crippen LogP contribution is 2.16. The summed E-state index contributed by atoms with van der Waals surface area (Å²) < 4.78 is 36.2. The minimum absolute atomic E-state index is 0.366. The van der Waals surface area contributed by atoms with Gasteiger partial charge in [0.1, 0.15) is 5.82 Å². The van der Waals surface area contributed by atoms with Crippen molar-refractivity contribution in [1.29, 1.82) is 0 Å². The van der Waals surface area contributed by atoms with Crippen LogP contribution in [-0.4, -0.2) is 23.2 Å². The Morgan fingerprint density at radius 1 is 1.35 bits per heavy atom. The molecule has 0 fully saturated rings. The maximum atomic E-state index is 13.0. The summed E-state index contributed by atoms with van der Waals surface area (Å²) in [5.74, 6) is 0.905. The first-order valence-corrected chi connectivity index (χ1v) is 7.15. The van der Waals surface area contributed by atoms with E-state index in [1.807, 2.05) is 20.8 Å². The molecule has 0 aliphatic rings. The van der Waals surface area contributed by atoms with Gasteiger partial charge >= 0.3 is 10.2 Å². The minimum Gasteiger partial charge on any atom is -0.300 e. The van der Waals surface area contributed by atoms with Crippen LogP contribution < -0.4 is 0 Å². The van der Waals surface area contributed by atoms with Crippen molar-refractivity contribution >= 4 is 10.2 Å². The number of hydrogen-bond donors (Lipinski definition) is 0. The van der Waals surface area contributed by atoms with Crippen molar-refractivity contribution in [2.24, 2.45) is 5.92 Å². The average Bonchev–Trinajstić information content (AvgIpc) is 2.61. The first-order chi connectivity index (χ1) is 7.90. The Bertz CT molecular complexity index is 470. The maximum absolute atomic E-state index is 13.0. The van der Waals surface area contributed by atoms with Crippen LogP contribution >= 0.6 is 0 Å². The normalized spacial score (nSPS) is 13.9. The van der Waals surface area contributed by atoms with Crippen LogP contribution in [0.5, 0.6) is 0 Å². The van der Waals surface area contributed by atoms with E-state index in [9.17, 15) is 12.3 Å². The quantitative estimate of drug-likeness (QED) is 0.736. The lowest BCUT2D eigenvalue weighted by Crippen LogP contribution is -2.12. The van der Waals surface area contributed by atoms with Gasteiger partial charge in [-0.3, -0.25) is 4.57 Å². The Morgan fingerprint density at radius 3 is 2.47 bits per heavy atom. The van der Waals surface area contributed by atoms with Crippen LogP contribution in [0.15, 0.2) is 5.16 Å². The number of hydrogen-bond acceptors (Lipinski definition) is 4. The van der Waals surface area contributed by atoms with Crippen molar-refractivity contribution in [3.05, 3.63) is 5.82 Å². The van der Waals surface area contributed by atoms with Crippen LogP contribution in [0.4, 0.5) is 3.89 Å². The van der Waals surface area contributed by atoms with Crippen molar-refractivity contribution < 1.29 is 12.3 Å². The highest BCUT2D eigenvalue weighted by molar-refractivity contribution is 7.86. The summed E-state index contributed by atoms with van der Waals surface area (Å²) in [5.41, 5.74) is 0. The topological polar surface area (TPSA) is 64.8 Å². The smallest absolute Gasteiger partial charge is 0.300 e. The van der Waals surface area contributed by atoms with E-state index in [4.69, 9.17) is 0 Å². The van der Waals surface area contributed by atoms with E-state index in [0.717, 1.165) is 6.42 Å². The summed E-state index contributed by atoms with van der Waals surface area (Å²) in [6, 6.07) is 0. The van der Waals surface area contributed by atoms with Crippen LogP contribution in [-0.2, 0) is 23.2 Å². The van der Waals surface area contributed by atoms with Crippen LogP contribution in [0, 0.1) is 5.92 Å².